The molecule has 19 heavy (non-hydrogen) atoms. The average Bonchev–Trinajstić information content (AvgIpc) is 2.92. The minimum Gasteiger partial charge on any atom is -0.446 e. The lowest BCUT2D eigenvalue weighted by Crippen LogP contribution is -2.41. The van der Waals surface area contributed by atoms with Crippen LogP contribution in [-0.4, -0.2) is 32.3 Å². The summed E-state index contributed by atoms with van der Waals surface area (Å²) in [7, 11) is -3.68. The second-order valence-corrected chi connectivity index (χ2v) is 6.71. The van der Waals surface area contributed by atoms with Crippen LogP contribution in [0.15, 0.2) is 21.6 Å². The number of nitrogens with one attached hydrogen (secondary N) is 1. The van der Waals surface area contributed by atoms with Gasteiger partial charge >= 0.3 is 0 Å². The Labute approximate surface area is 111 Å². The third kappa shape index (κ3) is 2.69. The van der Waals surface area contributed by atoms with Crippen LogP contribution in [0.25, 0.3) is 0 Å². The van der Waals surface area contributed by atoms with Crippen LogP contribution in [0.3, 0.4) is 0 Å². The number of furan rings is 1. The van der Waals surface area contributed by atoms with Crippen molar-refractivity contribution in [2.75, 3.05) is 6.61 Å². The average molecular weight is 287 g/mol. The smallest absolute Gasteiger partial charge is 0.274 e. The summed E-state index contributed by atoms with van der Waals surface area (Å²) in [5, 5.41) is 8.74. The molecule has 1 aromatic rings. The zero-order valence-electron chi connectivity index (χ0n) is 10.4. The fourth-order valence-electron chi connectivity index (χ4n) is 2.47. The van der Waals surface area contributed by atoms with Gasteiger partial charge in [0.15, 0.2) is 0 Å². The molecule has 2 aliphatic rings. The van der Waals surface area contributed by atoms with Gasteiger partial charge in [-0.1, -0.05) is 0 Å². The highest BCUT2D eigenvalue weighted by Gasteiger charge is 2.42. The van der Waals surface area contributed by atoms with Crippen molar-refractivity contribution in [2.24, 2.45) is 5.92 Å². The van der Waals surface area contributed by atoms with E-state index in [4.69, 9.17) is 14.3 Å². The molecular weight excluding hydrogens is 270 g/mol. The highest BCUT2D eigenvalue weighted by atomic mass is 32.2. The van der Waals surface area contributed by atoms with Crippen molar-refractivity contribution in [3.05, 3.63) is 17.9 Å². The number of rotatable bonds is 5. The highest BCUT2D eigenvalue weighted by Crippen LogP contribution is 2.39. The molecule has 2 heterocycles. The summed E-state index contributed by atoms with van der Waals surface area (Å²) in [6.45, 7) is 0.279. The molecule has 0 amide bonds. The first-order valence-electron chi connectivity index (χ1n) is 6.43. The van der Waals surface area contributed by atoms with Crippen molar-refractivity contribution in [3.63, 3.8) is 0 Å². The molecule has 2 unspecified atom stereocenters. The standard InChI is InChI=1S/C12H17NO5S/c14-7-9-3-4-11(18-9)19(15,16)13-10-5-6-17-12(10)8-1-2-8/h3-4,8,10,12-14H,1-2,5-7H2. The van der Waals surface area contributed by atoms with E-state index in [0.29, 0.717) is 18.9 Å². The van der Waals surface area contributed by atoms with E-state index in [9.17, 15) is 8.42 Å². The first-order chi connectivity index (χ1) is 9.10. The molecule has 2 N–H and O–H groups in total. The Balaban J connectivity index is 1.73. The van der Waals surface area contributed by atoms with Crippen molar-refractivity contribution >= 4 is 10.0 Å². The van der Waals surface area contributed by atoms with Gasteiger partial charge in [0.1, 0.15) is 12.4 Å². The van der Waals surface area contributed by atoms with Gasteiger partial charge in [-0.25, -0.2) is 13.1 Å². The lowest BCUT2D eigenvalue weighted by molar-refractivity contribution is 0.0847. The van der Waals surface area contributed by atoms with Gasteiger partial charge in [-0.2, -0.15) is 0 Å². The maximum atomic E-state index is 12.2. The summed E-state index contributed by atoms with van der Waals surface area (Å²) in [5.41, 5.74) is 0. The normalized spacial score (nSPS) is 27.8. The third-order valence-corrected chi connectivity index (χ3v) is 4.95. The molecule has 0 spiro atoms. The number of aliphatic hydroxyl groups excluding tert-OH is 1. The Morgan fingerprint density at radius 3 is 2.74 bits per heavy atom. The predicted octanol–water partition coefficient (Wildman–Crippen LogP) is 0.618. The highest BCUT2D eigenvalue weighted by molar-refractivity contribution is 7.89. The van der Waals surface area contributed by atoms with Gasteiger partial charge in [-0.15, -0.1) is 0 Å². The van der Waals surface area contributed by atoms with Gasteiger partial charge in [0.2, 0.25) is 5.09 Å². The molecule has 1 aromatic heterocycles. The first-order valence-corrected chi connectivity index (χ1v) is 7.92. The maximum absolute atomic E-state index is 12.2. The molecule has 3 rings (SSSR count). The van der Waals surface area contributed by atoms with Gasteiger partial charge in [0.05, 0.1) is 12.1 Å². The van der Waals surface area contributed by atoms with Crippen molar-refractivity contribution in [3.8, 4) is 0 Å². The van der Waals surface area contributed by atoms with E-state index < -0.39 is 10.0 Å². The molecule has 1 aliphatic carbocycles. The van der Waals surface area contributed by atoms with Gasteiger partial charge in [0, 0.05) is 6.61 Å². The van der Waals surface area contributed by atoms with Gasteiger partial charge in [0.25, 0.3) is 10.0 Å². The number of sulfonamides is 1. The molecule has 6 nitrogen and oxygen atoms in total. The molecule has 0 bridgehead atoms. The van der Waals surface area contributed by atoms with E-state index in [1.165, 1.54) is 12.1 Å². The monoisotopic (exact) mass is 287 g/mol. The number of aliphatic hydroxyl groups is 1. The minimum absolute atomic E-state index is 0.0120. The van der Waals surface area contributed by atoms with Crippen molar-refractivity contribution in [2.45, 2.75) is 43.1 Å². The number of hydrogen-bond donors (Lipinski definition) is 2. The summed E-state index contributed by atoms with van der Waals surface area (Å²) in [6, 6.07) is 2.63. The fraction of sp³-hybridized carbons (Fsp3) is 0.667. The zero-order valence-corrected chi connectivity index (χ0v) is 11.2. The molecule has 2 fully saturated rings. The number of hydrogen-bond acceptors (Lipinski definition) is 5. The van der Waals surface area contributed by atoms with E-state index in [1.54, 1.807) is 0 Å². The Hall–Kier alpha value is -0.890. The molecule has 1 aliphatic heterocycles. The van der Waals surface area contributed by atoms with E-state index >= 15 is 0 Å². The van der Waals surface area contributed by atoms with Gasteiger partial charge < -0.3 is 14.3 Å². The summed E-state index contributed by atoms with van der Waals surface area (Å²) in [4.78, 5) is 0. The quantitative estimate of drug-likeness (QED) is 0.828. The molecule has 7 heteroatoms. The predicted molar refractivity (Wildman–Crippen MR) is 65.8 cm³/mol. The summed E-state index contributed by atoms with van der Waals surface area (Å²) in [6.07, 6.45) is 2.90. The Bertz CT molecular complexity index is 548. The van der Waals surface area contributed by atoms with Crippen molar-refractivity contribution in [1.29, 1.82) is 0 Å². The fourth-order valence-corrected chi connectivity index (χ4v) is 3.70. The van der Waals surface area contributed by atoms with Crippen molar-refractivity contribution < 1.29 is 22.7 Å². The largest absolute Gasteiger partial charge is 0.446 e. The Morgan fingerprint density at radius 2 is 2.11 bits per heavy atom. The third-order valence-electron chi connectivity index (χ3n) is 3.59. The second-order valence-electron chi connectivity index (χ2n) is 5.07. The lowest BCUT2D eigenvalue weighted by Gasteiger charge is -2.18. The van der Waals surface area contributed by atoms with E-state index in [-0.39, 0.29) is 29.6 Å². The zero-order chi connectivity index (χ0) is 13.5. The lowest BCUT2D eigenvalue weighted by atomic mass is 10.1. The van der Waals surface area contributed by atoms with E-state index in [0.717, 1.165) is 12.8 Å². The van der Waals surface area contributed by atoms with Crippen LogP contribution in [0.2, 0.25) is 0 Å². The molecular formula is C12H17NO5S. The topological polar surface area (TPSA) is 88.8 Å². The van der Waals surface area contributed by atoms with E-state index in [1.807, 2.05) is 0 Å². The van der Waals surface area contributed by atoms with Crippen LogP contribution in [0.5, 0.6) is 0 Å². The molecule has 0 aromatic carbocycles. The van der Waals surface area contributed by atoms with Crippen LogP contribution in [0.4, 0.5) is 0 Å². The van der Waals surface area contributed by atoms with Crippen molar-refractivity contribution in [1.82, 2.24) is 4.72 Å². The summed E-state index contributed by atoms with van der Waals surface area (Å²) in [5.74, 6) is 0.724. The summed E-state index contributed by atoms with van der Waals surface area (Å²) >= 11 is 0. The van der Waals surface area contributed by atoms with Crippen LogP contribution in [0.1, 0.15) is 25.0 Å². The Morgan fingerprint density at radius 1 is 1.32 bits per heavy atom. The molecule has 1 saturated heterocycles. The minimum atomic E-state index is -3.68. The van der Waals surface area contributed by atoms with Crippen LogP contribution in [0, 0.1) is 5.92 Å². The SMILES string of the molecule is O=S(=O)(NC1CCOC1C1CC1)c1ccc(CO)o1. The molecule has 1 saturated carbocycles. The van der Waals surface area contributed by atoms with Crippen LogP contribution < -0.4 is 4.72 Å². The van der Waals surface area contributed by atoms with Crippen LogP contribution >= 0.6 is 0 Å². The number of ether oxygens (including phenoxy) is 1. The molecule has 106 valence electrons. The molecule has 2 atom stereocenters. The first kappa shape index (κ1) is 13.1. The Kier molecular flexibility index (Phi) is 3.38. The second kappa shape index (κ2) is 4.90. The van der Waals surface area contributed by atoms with Crippen LogP contribution in [-0.2, 0) is 21.4 Å². The molecule has 0 radical (unpaired) electrons. The maximum Gasteiger partial charge on any atom is 0.274 e. The van der Waals surface area contributed by atoms with E-state index in [2.05, 4.69) is 4.72 Å². The van der Waals surface area contributed by atoms with Gasteiger partial charge in [-0.3, -0.25) is 0 Å². The van der Waals surface area contributed by atoms with Gasteiger partial charge in [-0.05, 0) is 37.3 Å². The summed E-state index contributed by atoms with van der Waals surface area (Å²) < 4.78 is 37.7.